The predicted molar refractivity (Wildman–Crippen MR) is 89.6 cm³/mol. The van der Waals surface area contributed by atoms with Crippen molar-refractivity contribution in [3.63, 3.8) is 0 Å². The molecular weight excluding hydrogens is 381 g/mol. The summed E-state index contributed by atoms with van der Waals surface area (Å²) in [5.74, 6) is 0.673. The van der Waals surface area contributed by atoms with Crippen molar-refractivity contribution in [3.8, 4) is 0 Å². The van der Waals surface area contributed by atoms with Gasteiger partial charge in [0.1, 0.15) is 10.6 Å². The summed E-state index contributed by atoms with van der Waals surface area (Å²) in [6.07, 6.45) is 0. The average molecular weight is 389 g/mol. The second-order valence-electron chi connectivity index (χ2n) is 4.14. The molecule has 0 aliphatic rings. The number of aromatic nitrogens is 2. The van der Waals surface area contributed by atoms with E-state index in [0.29, 0.717) is 10.8 Å². The molecule has 20 heavy (non-hydrogen) atoms. The van der Waals surface area contributed by atoms with Gasteiger partial charge in [0, 0.05) is 4.88 Å². The van der Waals surface area contributed by atoms with Crippen molar-refractivity contribution >= 4 is 72.2 Å². The highest BCUT2D eigenvalue weighted by atomic mass is 79.9. The van der Waals surface area contributed by atoms with Crippen LogP contribution in [0.1, 0.15) is 4.88 Å². The maximum atomic E-state index is 6.09. The Labute approximate surface area is 138 Å². The molecule has 0 unspecified atom stereocenters. The van der Waals surface area contributed by atoms with Crippen molar-refractivity contribution in [2.45, 2.75) is 6.92 Å². The van der Waals surface area contributed by atoms with Gasteiger partial charge in [-0.05, 0) is 52.7 Å². The highest BCUT2D eigenvalue weighted by Crippen LogP contribution is 2.35. The van der Waals surface area contributed by atoms with Crippen LogP contribution < -0.4 is 5.32 Å². The van der Waals surface area contributed by atoms with Crippen molar-refractivity contribution in [2.24, 2.45) is 0 Å². The molecule has 2 heterocycles. The molecular formula is C13H8BrCl2N3S. The lowest BCUT2D eigenvalue weighted by atomic mass is 10.3. The molecule has 3 rings (SSSR count). The molecule has 2 aromatic heterocycles. The Morgan fingerprint density at radius 3 is 2.85 bits per heavy atom. The van der Waals surface area contributed by atoms with E-state index < -0.39 is 0 Å². The van der Waals surface area contributed by atoms with E-state index in [0.717, 1.165) is 25.3 Å². The molecule has 0 amide bonds. The molecule has 1 N–H and O–H groups in total. The Balaban J connectivity index is 2.12. The molecule has 0 saturated carbocycles. The molecule has 0 spiro atoms. The Morgan fingerprint density at radius 1 is 1.25 bits per heavy atom. The van der Waals surface area contributed by atoms with Gasteiger partial charge in [0.05, 0.1) is 20.6 Å². The van der Waals surface area contributed by atoms with E-state index in [1.165, 1.54) is 0 Å². The summed E-state index contributed by atoms with van der Waals surface area (Å²) in [6, 6.07) is 7.64. The van der Waals surface area contributed by atoms with E-state index in [1.54, 1.807) is 11.3 Å². The van der Waals surface area contributed by atoms with Crippen LogP contribution in [0.25, 0.3) is 10.2 Å². The Hall–Kier alpha value is -0.880. The maximum Gasteiger partial charge on any atom is 0.225 e. The number of nitrogens with one attached hydrogen (secondary N) is 1. The molecule has 0 aliphatic heterocycles. The van der Waals surface area contributed by atoms with Gasteiger partial charge in [0.15, 0.2) is 0 Å². The topological polar surface area (TPSA) is 37.8 Å². The van der Waals surface area contributed by atoms with Crippen LogP contribution in [0, 0.1) is 6.92 Å². The van der Waals surface area contributed by atoms with Crippen LogP contribution >= 0.6 is 50.5 Å². The second-order valence-corrected chi connectivity index (χ2v) is 6.92. The van der Waals surface area contributed by atoms with Crippen molar-refractivity contribution in [1.29, 1.82) is 0 Å². The van der Waals surface area contributed by atoms with Crippen LogP contribution in [0.5, 0.6) is 0 Å². The Morgan fingerprint density at radius 2 is 2.05 bits per heavy atom. The average Bonchev–Trinajstić information content (AvgIpc) is 2.75. The number of halogens is 3. The third-order valence-electron chi connectivity index (χ3n) is 2.69. The number of hydrogen-bond acceptors (Lipinski definition) is 4. The number of nitrogens with zero attached hydrogens (tertiary/aromatic N) is 2. The summed E-state index contributed by atoms with van der Waals surface area (Å²) in [5.41, 5.74) is 0.831. The van der Waals surface area contributed by atoms with Crippen LogP contribution in [-0.2, 0) is 0 Å². The van der Waals surface area contributed by atoms with E-state index in [9.17, 15) is 0 Å². The number of rotatable bonds is 2. The fourth-order valence-electron chi connectivity index (χ4n) is 1.84. The minimum Gasteiger partial charge on any atom is -0.339 e. The van der Waals surface area contributed by atoms with Crippen molar-refractivity contribution in [3.05, 3.63) is 43.9 Å². The zero-order valence-corrected chi connectivity index (χ0v) is 14.2. The van der Waals surface area contributed by atoms with Gasteiger partial charge in [-0.2, -0.15) is 4.98 Å². The predicted octanol–water partition coefficient (Wildman–Crippen LogP) is 5.81. The van der Waals surface area contributed by atoms with Gasteiger partial charge >= 0.3 is 0 Å². The van der Waals surface area contributed by atoms with Crippen LogP contribution in [0.15, 0.2) is 28.7 Å². The first-order valence-corrected chi connectivity index (χ1v) is 8.06. The van der Waals surface area contributed by atoms with Crippen LogP contribution in [0.3, 0.4) is 0 Å². The minimum atomic E-state index is 0.222. The summed E-state index contributed by atoms with van der Waals surface area (Å²) in [5, 5.41) is 5.05. The van der Waals surface area contributed by atoms with Gasteiger partial charge in [0.2, 0.25) is 5.28 Å². The summed E-state index contributed by atoms with van der Waals surface area (Å²) < 4.78 is 0.788. The van der Waals surface area contributed by atoms with Crippen LogP contribution in [-0.4, -0.2) is 9.97 Å². The van der Waals surface area contributed by atoms with E-state index >= 15 is 0 Å². The fourth-order valence-corrected chi connectivity index (χ4v) is 3.48. The van der Waals surface area contributed by atoms with Crippen LogP contribution in [0.4, 0.5) is 11.5 Å². The normalized spacial score (nSPS) is 11.0. The standard InChI is InChI=1S/C13H8BrCl2N3S/c1-6-5-7-11(18-13(16)19-12(7)20-6)17-9-4-2-3-8(15)10(9)14/h2-5H,1H3,(H,17,18,19). The number of thiophene rings is 1. The third-order valence-corrected chi connectivity index (χ3v) is 5.20. The zero-order valence-electron chi connectivity index (χ0n) is 10.2. The van der Waals surface area contributed by atoms with Gasteiger partial charge in [-0.15, -0.1) is 11.3 Å². The molecule has 102 valence electrons. The highest BCUT2D eigenvalue weighted by Gasteiger charge is 2.12. The third kappa shape index (κ3) is 2.63. The highest BCUT2D eigenvalue weighted by molar-refractivity contribution is 9.10. The largest absolute Gasteiger partial charge is 0.339 e. The summed E-state index contributed by atoms with van der Waals surface area (Å²) in [7, 11) is 0. The SMILES string of the molecule is Cc1cc2c(Nc3cccc(Cl)c3Br)nc(Cl)nc2s1. The molecule has 7 heteroatoms. The summed E-state index contributed by atoms with van der Waals surface area (Å²) in [4.78, 5) is 10.5. The van der Waals surface area contributed by atoms with Gasteiger partial charge < -0.3 is 5.32 Å². The fraction of sp³-hybridized carbons (Fsp3) is 0.0769. The Kier molecular flexibility index (Phi) is 3.86. The number of hydrogen-bond donors (Lipinski definition) is 1. The van der Waals surface area contributed by atoms with Crippen molar-refractivity contribution < 1.29 is 0 Å². The number of fused-ring (bicyclic) bond motifs is 1. The van der Waals surface area contributed by atoms with E-state index in [2.05, 4.69) is 31.2 Å². The molecule has 0 atom stereocenters. The summed E-state index contributed by atoms with van der Waals surface area (Å²) >= 11 is 17.1. The number of benzene rings is 1. The first-order chi connectivity index (χ1) is 9.54. The lowest BCUT2D eigenvalue weighted by Gasteiger charge is -2.09. The first kappa shape index (κ1) is 14.1. The van der Waals surface area contributed by atoms with Crippen molar-refractivity contribution in [1.82, 2.24) is 9.97 Å². The van der Waals surface area contributed by atoms with Gasteiger partial charge in [-0.3, -0.25) is 0 Å². The van der Waals surface area contributed by atoms with E-state index in [1.807, 2.05) is 31.2 Å². The number of aryl methyl sites for hydroxylation is 1. The molecule has 3 aromatic rings. The molecule has 1 aromatic carbocycles. The molecule has 3 nitrogen and oxygen atoms in total. The lowest BCUT2D eigenvalue weighted by Crippen LogP contribution is -1.96. The molecule has 0 fully saturated rings. The monoisotopic (exact) mass is 387 g/mol. The molecule has 0 bridgehead atoms. The van der Waals surface area contributed by atoms with Crippen molar-refractivity contribution in [2.75, 3.05) is 5.32 Å². The molecule has 0 saturated heterocycles. The van der Waals surface area contributed by atoms with Crippen LogP contribution in [0.2, 0.25) is 10.3 Å². The van der Waals surface area contributed by atoms with Gasteiger partial charge in [0.25, 0.3) is 0 Å². The minimum absolute atomic E-state index is 0.222. The maximum absolute atomic E-state index is 6.09. The lowest BCUT2D eigenvalue weighted by molar-refractivity contribution is 1.23. The first-order valence-electron chi connectivity index (χ1n) is 5.69. The second kappa shape index (κ2) is 5.48. The van der Waals surface area contributed by atoms with E-state index in [-0.39, 0.29) is 5.28 Å². The zero-order chi connectivity index (χ0) is 14.3. The molecule has 0 aliphatic carbocycles. The smallest absolute Gasteiger partial charge is 0.225 e. The molecule has 0 radical (unpaired) electrons. The van der Waals surface area contributed by atoms with E-state index in [4.69, 9.17) is 23.2 Å². The Bertz CT molecular complexity index is 804. The van der Waals surface area contributed by atoms with Gasteiger partial charge in [-0.25, -0.2) is 4.98 Å². The van der Waals surface area contributed by atoms with Gasteiger partial charge in [-0.1, -0.05) is 17.7 Å². The number of anilines is 2. The quantitative estimate of drug-likeness (QED) is 0.562. The summed E-state index contributed by atoms with van der Waals surface area (Å²) in [6.45, 7) is 2.03.